The summed E-state index contributed by atoms with van der Waals surface area (Å²) in [5.41, 5.74) is 6.29. The number of nitrogens with zero attached hydrogens (tertiary/aromatic N) is 1. The summed E-state index contributed by atoms with van der Waals surface area (Å²) in [7, 11) is -3.61. The first-order valence-electron chi connectivity index (χ1n) is 7.52. The molecule has 0 bridgehead atoms. The molecule has 0 aromatic heterocycles. The number of aliphatic hydroxyl groups is 1. The zero-order valence-corrected chi connectivity index (χ0v) is 13.1. The molecule has 0 aliphatic heterocycles. The molecule has 0 spiro atoms. The van der Waals surface area contributed by atoms with E-state index in [9.17, 15) is 13.5 Å². The molecule has 0 amide bonds. The summed E-state index contributed by atoms with van der Waals surface area (Å²) in [4.78, 5) is 0.270. The zero-order chi connectivity index (χ0) is 15.3. The van der Waals surface area contributed by atoms with Gasteiger partial charge in [0.25, 0.3) is 0 Å². The second kappa shape index (κ2) is 7.35. The monoisotopic (exact) mass is 312 g/mol. The van der Waals surface area contributed by atoms with E-state index >= 15 is 0 Å². The van der Waals surface area contributed by atoms with E-state index in [1.54, 1.807) is 24.3 Å². The molecule has 1 aliphatic carbocycles. The Morgan fingerprint density at radius 3 is 2.48 bits per heavy atom. The predicted octanol–water partition coefficient (Wildman–Crippen LogP) is 1.46. The quantitative estimate of drug-likeness (QED) is 0.833. The van der Waals surface area contributed by atoms with Crippen LogP contribution < -0.4 is 5.73 Å². The Bertz CT molecular complexity index is 554. The van der Waals surface area contributed by atoms with Gasteiger partial charge in [-0.3, -0.25) is 0 Å². The van der Waals surface area contributed by atoms with Gasteiger partial charge in [-0.1, -0.05) is 37.5 Å². The molecule has 1 saturated carbocycles. The summed E-state index contributed by atoms with van der Waals surface area (Å²) >= 11 is 0. The third-order valence-corrected chi connectivity index (χ3v) is 6.13. The lowest BCUT2D eigenvalue weighted by molar-refractivity contribution is 0.199. The Morgan fingerprint density at radius 2 is 1.86 bits per heavy atom. The minimum atomic E-state index is -3.61. The molecule has 1 fully saturated rings. The first-order chi connectivity index (χ1) is 10.1. The van der Waals surface area contributed by atoms with Crippen molar-refractivity contribution in [3.05, 3.63) is 29.8 Å². The number of benzene rings is 1. The lowest BCUT2D eigenvalue weighted by Gasteiger charge is -2.33. The molecule has 3 N–H and O–H groups in total. The molecule has 1 aliphatic rings. The second-order valence-electron chi connectivity index (χ2n) is 5.44. The molecule has 6 heteroatoms. The van der Waals surface area contributed by atoms with Crippen molar-refractivity contribution in [2.75, 3.05) is 13.2 Å². The largest absolute Gasteiger partial charge is 0.395 e. The Kier molecular flexibility index (Phi) is 5.75. The third kappa shape index (κ3) is 3.63. The highest BCUT2D eigenvalue weighted by Gasteiger charge is 2.32. The smallest absolute Gasteiger partial charge is 0.243 e. The van der Waals surface area contributed by atoms with Gasteiger partial charge in [0.2, 0.25) is 10.0 Å². The van der Waals surface area contributed by atoms with Gasteiger partial charge in [-0.25, -0.2) is 8.42 Å². The minimum Gasteiger partial charge on any atom is -0.395 e. The SMILES string of the molecule is NCc1ccccc1S(=O)(=O)N(CCO)C1CCCCC1. The van der Waals surface area contributed by atoms with Crippen molar-refractivity contribution in [1.82, 2.24) is 4.31 Å². The highest BCUT2D eigenvalue weighted by atomic mass is 32.2. The Morgan fingerprint density at radius 1 is 1.19 bits per heavy atom. The third-order valence-electron chi connectivity index (χ3n) is 4.08. The van der Waals surface area contributed by atoms with Gasteiger partial charge in [0.05, 0.1) is 11.5 Å². The summed E-state index contributed by atoms with van der Waals surface area (Å²) in [5.74, 6) is 0. The maximum atomic E-state index is 13.0. The molecule has 1 aromatic rings. The van der Waals surface area contributed by atoms with Gasteiger partial charge < -0.3 is 10.8 Å². The fourth-order valence-corrected chi connectivity index (χ4v) is 4.93. The van der Waals surface area contributed by atoms with Crippen LogP contribution in [-0.4, -0.2) is 37.0 Å². The van der Waals surface area contributed by atoms with Crippen LogP contribution in [-0.2, 0) is 16.6 Å². The van der Waals surface area contributed by atoms with Crippen LogP contribution in [0.4, 0.5) is 0 Å². The van der Waals surface area contributed by atoms with E-state index in [2.05, 4.69) is 0 Å². The summed E-state index contributed by atoms with van der Waals surface area (Å²) in [5, 5.41) is 9.27. The molecular weight excluding hydrogens is 288 g/mol. The lowest BCUT2D eigenvalue weighted by Crippen LogP contribution is -2.43. The number of hydrogen-bond donors (Lipinski definition) is 2. The lowest BCUT2D eigenvalue weighted by atomic mass is 9.95. The highest BCUT2D eigenvalue weighted by molar-refractivity contribution is 7.89. The van der Waals surface area contributed by atoms with Crippen molar-refractivity contribution in [1.29, 1.82) is 0 Å². The topological polar surface area (TPSA) is 83.6 Å². The number of hydrogen-bond acceptors (Lipinski definition) is 4. The molecular formula is C15H24N2O3S. The van der Waals surface area contributed by atoms with Crippen LogP contribution in [0.25, 0.3) is 0 Å². The number of nitrogens with two attached hydrogens (primary N) is 1. The minimum absolute atomic E-state index is 0.0123. The van der Waals surface area contributed by atoms with Gasteiger partial charge in [-0.2, -0.15) is 4.31 Å². The molecule has 21 heavy (non-hydrogen) atoms. The average Bonchev–Trinajstić information content (AvgIpc) is 2.53. The number of aliphatic hydroxyl groups excluding tert-OH is 1. The molecule has 0 saturated heterocycles. The van der Waals surface area contributed by atoms with Gasteiger partial charge in [0.1, 0.15) is 0 Å². The van der Waals surface area contributed by atoms with Gasteiger partial charge in [-0.15, -0.1) is 0 Å². The van der Waals surface area contributed by atoms with Crippen molar-refractivity contribution >= 4 is 10.0 Å². The maximum absolute atomic E-state index is 13.0. The maximum Gasteiger partial charge on any atom is 0.243 e. The Balaban J connectivity index is 2.37. The molecule has 2 rings (SSSR count). The van der Waals surface area contributed by atoms with E-state index in [0.29, 0.717) is 5.56 Å². The second-order valence-corrected chi connectivity index (χ2v) is 7.30. The molecule has 0 radical (unpaired) electrons. The number of sulfonamides is 1. The number of rotatable bonds is 6. The average molecular weight is 312 g/mol. The molecule has 118 valence electrons. The zero-order valence-electron chi connectivity index (χ0n) is 12.2. The predicted molar refractivity (Wildman–Crippen MR) is 82.2 cm³/mol. The van der Waals surface area contributed by atoms with E-state index in [4.69, 9.17) is 5.73 Å². The van der Waals surface area contributed by atoms with Crippen molar-refractivity contribution in [2.45, 2.75) is 49.6 Å². The van der Waals surface area contributed by atoms with Crippen LogP contribution in [0.15, 0.2) is 29.2 Å². The van der Waals surface area contributed by atoms with E-state index in [-0.39, 0.29) is 30.6 Å². The van der Waals surface area contributed by atoms with Crippen molar-refractivity contribution < 1.29 is 13.5 Å². The standard InChI is InChI=1S/C15H24N2O3S/c16-12-13-6-4-5-9-15(13)21(19,20)17(10-11-18)14-7-2-1-3-8-14/h4-6,9,14,18H,1-3,7-8,10-12,16H2. The van der Waals surface area contributed by atoms with Gasteiger partial charge in [0, 0.05) is 19.1 Å². The van der Waals surface area contributed by atoms with Crippen LogP contribution in [0.5, 0.6) is 0 Å². The van der Waals surface area contributed by atoms with Crippen molar-refractivity contribution in [2.24, 2.45) is 5.73 Å². The summed E-state index contributed by atoms with van der Waals surface area (Å²) in [6, 6.07) is 6.83. The van der Waals surface area contributed by atoms with Crippen LogP contribution in [0.2, 0.25) is 0 Å². The van der Waals surface area contributed by atoms with Crippen molar-refractivity contribution in [3.8, 4) is 0 Å². The van der Waals surface area contributed by atoms with Crippen LogP contribution in [0.3, 0.4) is 0 Å². The van der Waals surface area contributed by atoms with E-state index in [1.807, 2.05) is 0 Å². The Hall–Kier alpha value is -0.950. The summed E-state index contributed by atoms with van der Waals surface area (Å²) < 4.78 is 27.4. The van der Waals surface area contributed by atoms with E-state index in [0.717, 1.165) is 32.1 Å². The summed E-state index contributed by atoms with van der Waals surface area (Å²) in [6.45, 7) is 0.166. The first-order valence-corrected chi connectivity index (χ1v) is 8.96. The van der Waals surface area contributed by atoms with Crippen molar-refractivity contribution in [3.63, 3.8) is 0 Å². The van der Waals surface area contributed by atoms with Gasteiger partial charge in [0.15, 0.2) is 0 Å². The summed E-state index contributed by atoms with van der Waals surface area (Å²) in [6.07, 6.45) is 4.97. The first kappa shape index (κ1) is 16.4. The Labute approximate surface area is 126 Å². The fourth-order valence-electron chi connectivity index (χ4n) is 3.02. The molecule has 0 atom stereocenters. The molecule has 0 heterocycles. The van der Waals surface area contributed by atoms with E-state index in [1.165, 1.54) is 4.31 Å². The van der Waals surface area contributed by atoms with E-state index < -0.39 is 10.0 Å². The van der Waals surface area contributed by atoms with Crippen LogP contribution in [0, 0.1) is 0 Å². The molecule has 0 unspecified atom stereocenters. The molecule has 1 aromatic carbocycles. The highest BCUT2D eigenvalue weighted by Crippen LogP contribution is 2.28. The normalized spacial score (nSPS) is 17.3. The van der Waals surface area contributed by atoms with Gasteiger partial charge >= 0.3 is 0 Å². The fraction of sp³-hybridized carbons (Fsp3) is 0.600. The molecule has 5 nitrogen and oxygen atoms in total. The van der Waals surface area contributed by atoms with Crippen LogP contribution in [0.1, 0.15) is 37.7 Å². The van der Waals surface area contributed by atoms with Crippen LogP contribution >= 0.6 is 0 Å². The van der Waals surface area contributed by atoms with Gasteiger partial charge in [-0.05, 0) is 24.5 Å².